The zero-order chi connectivity index (χ0) is 24.8. The second kappa shape index (κ2) is 13.4. The fourth-order valence-electron chi connectivity index (χ4n) is 5.68. The fraction of sp³-hybridized carbons (Fsp3) is 0.519. The molecule has 198 valence electrons. The highest BCUT2D eigenvalue weighted by Crippen LogP contribution is 2.48. The molecule has 2 aromatic carbocycles. The van der Waals surface area contributed by atoms with E-state index in [-0.39, 0.29) is 18.3 Å². The van der Waals surface area contributed by atoms with Crippen molar-refractivity contribution in [1.29, 1.82) is 0 Å². The van der Waals surface area contributed by atoms with Crippen LogP contribution in [0.25, 0.3) is 0 Å². The van der Waals surface area contributed by atoms with Crippen molar-refractivity contribution >= 4 is 53.1 Å². The van der Waals surface area contributed by atoms with Gasteiger partial charge in [0.15, 0.2) is 0 Å². The summed E-state index contributed by atoms with van der Waals surface area (Å²) in [6.07, 6.45) is 6.38. The average molecular weight is 554 g/mol. The van der Waals surface area contributed by atoms with Gasteiger partial charge in [0, 0.05) is 41.6 Å². The number of halogens is 2. The van der Waals surface area contributed by atoms with Gasteiger partial charge in [-0.15, -0.1) is 12.4 Å². The Bertz CT molecular complexity index is 1010. The van der Waals surface area contributed by atoms with Gasteiger partial charge in [0.1, 0.15) is 5.54 Å². The van der Waals surface area contributed by atoms with Crippen molar-refractivity contribution in [2.45, 2.75) is 53.9 Å². The number of likely N-dealkylation sites (tertiary alicyclic amines) is 2. The highest BCUT2D eigenvalue weighted by atomic mass is 35.5. The Hall–Kier alpha value is -1.48. The number of carbonyl (C=O) groups is 1. The third-order valence-corrected chi connectivity index (χ3v) is 8.91. The minimum absolute atomic E-state index is 0. The number of hydrogen-bond acceptors (Lipinski definition) is 6. The molecule has 3 heterocycles. The van der Waals surface area contributed by atoms with Crippen LogP contribution in [0, 0.1) is 0 Å². The van der Waals surface area contributed by atoms with Crippen molar-refractivity contribution in [3.63, 3.8) is 0 Å². The molecule has 2 aromatic rings. The van der Waals surface area contributed by atoms with Crippen LogP contribution in [-0.2, 0) is 4.79 Å². The Labute approximate surface area is 230 Å². The maximum atomic E-state index is 12.5. The van der Waals surface area contributed by atoms with Gasteiger partial charge < -0.3 is 20.6 Å². The van der Waals surface area contributed by atoms with Crippen LogP contribution in [0.1, 0.15) is 38.5 Å². The van der Waals surface area contributed by atoms with E-state index in [4.69, 9.17) is 22.4 Å². The maximum absolute atomic E-state index is 12.5. The van der Waals surface area contributed by atoms with Crippen LogP contribution in [0.2, 0.25) is 5.02 Å². The molecule has 0 atom stereocenters. The van der Waals surface area contributed by atoms with Crippen LogP contribution in [0.5, 0.6) is 0 Å². The number of rotatable bonds is 6. The highest BCUT2D eigenvalue weighted by molar-refractivity contribution is 7.99. The van der Waals surface area contributed by atoms with Crippen LogP contribution < -0.4 is 10.6 Å². The molecule has 2 fully saturated rings. The number of benzene rings is 2. The number of aliphatic hydroxyl groups excluding tert-OH is 1. The SMILES string of the molecule is CO.Cl.NC(=O)C1(N2CCCCC2)CCN(CCCN2c3ccccc3Sc3ccc(Cl)cc32)CC1. The molecule has 6 nitrogen and oxygen atoms in total. The van der Waals surface area contributed by atoms with Crippen molar-refractivity contribution in [3.8, 4) is 0 Å². The molecule has 3 aliphatic rings. The standard InChI is InChI=1S/C26H33ClN4OS.CH4O.ClH/c27-20-9-10-24-22(19-20)31(21-7-2-3-8-23(21)33-24)16-6-13-29-17-11-26(12-18-29,25(28)32)30-14-4-1-5-15-30;1-2;/h2-3,7-10,19H,1,4-6,11-18H2,(H2,28,32);2H,1H3;1H. The number of piperidine rings is 2. The largest absolute Gasteiger partial charge is 0.400 e. The van der Waals surface area contributed by atoms with Gasteiger partial charge in [-0.05, 0) is 82.1 Å². The molecule has 0 unspecified atom stereocenters. The third-order valence-electron chi connectivity index (χ3n) is 7.55. The van der Waals surface area contributed by atoms with Crippen molar-refractivity contribution in [1.82, 2.24) is 9.80 Å². The molecular formula is C27H38Cl2N4O2S. The van der Waals surface area contributed by atoms with Gasteiger partial charge in [-0.1, -0.05) is 41.9 Å². The zero-order valence-electron chi connectivity index (χ0n) is 21.0. The summed E-state index contributed by atoms with van der Waals surface area (Å²) in [5, 5.41) is 7.77. The monoisotopic (exact) mass is 552 g/mol. The van der Waals surface area contributed by atoms with Crippen LogP contribution in [0.15, 0.2) is 52.3 Å². The van der Waals surface area contributed by atoms with E-state index in [0.29, 0.717) is 0 Å². The molecule has 0 spiro atoms. The second-order valence-electron chi connectivity index (χ2n) is 9.47. The Balaban J connectivity index is 0.00000117. The first-order valence-corrected chi connectivity index (χ1v) is 13.8. The van der Waals surface area contributed by atoms with Crippen LogP contribution in [-0.4, -0.2) is 72.7 Å². The smallest absolute Gasteiger partial charge is 0.238 e. The van der Waals surface area contributed by atoms with Crippen molar-refractivity contribution < 1.29 is 9.90 Å². The Morgan fingerprint density at radius 3 is 2.33 bits per heavy atom. The number of fused-ring (bicyclic) bond motifs is 2. The molecule has 3 N–H and O–H groups in total. The predicted octanol–water partition coefficient (Wildman–Crippen LogP) is 5.17. The summed E-state index contributed by atoms with van der Waals surface area (Å²) in [4.78, 5) is 22.4. The lowest BCUT2D eigenvalue weighted by Crippen LogP contribution is -2.63. The maximum Gasteiger partial charge on any atom is 0.238 e. The van der Waals surface area contributed by atoms with E-state index in [9.17, 15) is 4.79 Å². The van der Waals surface area contributed by atoms with Gasteiger partial charge in [-0.25, -0.2) is 0 Å². The fourth-order valence-corrected chi connectivity index (χ4v) is 6.93. The lowest BCUT2D eigenvalue weighted by atomic mass is 9.83. The quantitative estimate of drug-likeness (QED) is 0.515. The molecule has 0 radical (unpaired) electrons. The topological polar surface area (TPSA) is 73.0 Å². The summed E-state index contributed by atoms with van der Waals surface area (Å²) in [5.74, 6) is -0.125. The number of nitrogens with zero attached hydrogens (tertiary/aromatic N) is 3. The van der Waals surface area contributed by atoms with Gasteiger partial charge in [-0.2, -0.15) is 0 Å². The number of carbonyl (C=O) groups excluding carboxylic acids is 1. The lowest BCUT2D eigenvalue weighted by Gasteiger charge is -2.48. The first kappa shape index (κ1) is 29.1. The molecule has 3 aliphatic heterocycles. The van der Waals surface area contributed by atoms with Crippen LogP contribution >= 0.6 is 35.8 Å². The number of para-hydroxylation sites is 1. The summed E-state index contributed by atoms with van der Waals surface area (Å²) < 4.78 is 0. The van der Waals surface area contributed by atoms with E-state index in [1.54, 1.807) is 0 Å². The van der Waals surface area contributed by atoms with Crippen molar-refractivity contribution in [2.75, 3.05) is 51.3 Å². The molecule has 1 amide bonds. The Morgan fingerprint density at radius 2 is 1.64 bits per heavy atom. The summed E-state index contributed by atoms with van der Waals surface area (Å²) in [6, 6.07) is 14.8. The van der Waals surface area contributed by atoms with Gasteiger partial charge >= 0.3 is 0 Å². The molecule has 36 heavy (non-hydrogen) atoms. The first-order chi connectivity index (χ1) is 17.1. The minimum Gasteiger partial charge on any atom is -0.400 e. The second-order valence-corrected chi connectivity index (χ2v) is 11.0. The molecule has 0 saturated carbocycles. The van der Waals surface area contributed by atoms with E-state index in [0.717, 1.165) is 70.7 Å². The number of nitrogens with two attached hydrogens (primary N) is 1. The van der Waals surface area contributed by atoms with Gasteiger partial charge in [0.2, 0.25) is 5.91 Å². The van der Waals surface area contributed by atoms with Crippen molar-refractivity contribution in [2.24, 2.45) is 5.73 Å². The Morgan fingerprint density at radius 1 is 0.972 bits per heavy atom. The molecule has 0 aromatic heterocycles. The van der Waals surface area contributed by atoms with Crippen molar-refractivity contribution in [3.05, 3.63) is 47.5 Å². The normalized spacial score (nSPS) is 19.2. The average Bonchev–Trinajstić information content (AvgIpc) is 2.90. The van der Waals surface area contributed by atoms with E-state index >= 15 is 0 Å². The number of aliphatic hydroxyl groups is 1. The summed E-state index contributed by atoms with van der Waals surface area (Å²) in [7, 11) is 1.00. The number of anilines is 2. The molecule has 2 saturated heterocycles. The van der Waals surface area contributed by atoms with Gasteiger partial charge in [0.25, 0.3) is 0 Å². The molecule has 9 heteroatoms. The highest BCUT2D eigenvalue weighted by Gasteiger charge is 2.44. The summed E-state index contributed by atoms with van der Waals surface area (Å²) in [6.45, 7) is 5.86. The lowest BCUT2D eigenvalue weighted by molar-refractivity contribution is -0.134. The first-order valence-electron chi connectivity index (χ1n) is 12.6. The van der Waals surface area contributed by atoms with Gasteiger partial charge in [-0.3, -0.25) is 9.69 Å². The number of primary amides is 1. The zero-order valence-corrected chi connectivity index (χ0v) is 23.4. The molecule has 0 bridgehead atoms. The van der Waals surface area contributed by atoms with E-state index in [2.05, 4.69) is 51.1 Å². The van der Waals surface area contributed by atoms with Crippen LogP contribution in [0.4, 0.5) is 11.4 Å². The summed E-state index contributed by atoms with van der Waals surface area (Å²) >= 11 is 8.17. The molecular weight excluding hydrogens is 515 g/mol. The number of amides is 1. The molecule has 5 rings (SSSR count). The van der Waals surface area contributed by atoms with Crippen LogP contribution in [0.3, 0.4) is 0 Å². The molecule has 0 aliphatic carbocycles. The Kier molecular flexibility index (Phi) is 10.8. The van der Waals surface area contributed by atoms with Gasteiger partial charge in [0.05, 0.1) is 11.4 Å². The van der Waals surface area contributed by atoms with E-state index < -0.39 is 5.54 Å². The van der Waals surface area contributed by atoms with E-state index in [1.165, 1.54) is 40.4 Å². The predicted molar refractivity (Wildman–Crippen MR) is 152 cm³/mol. The van der Waals surface area contributed by atoms with E-state index in [1.807, 2.05) is 17.8 Å². The summed E-state index contributed by atoms with van der Waals surface area (Å²) in [5.41, 5.74) is 7.98. The minimum atomic E-state index is -0.435. The number of hydrogen-bond donors (Lipinski definition) is 2. The third kappa shape index (κ3) is 6.14.